The van der Waals surface area contributed by atoms with Gasteiger partial charge in [0, 0.05) is 12.2 Å². The van der Waals surface area contributed by atoms with Crippen molar-refractivity contribution in [1.29, 1.82) is 0 Å². The van der Waals surface area contributed by atoms with Crippen molar-refractivity contribution < 1.29 is 4.79 Å². The average Bonchev–Trinajstić information content (AvgIpc) is 2.28. The molecule has 0 spiro atoms. The van der Waals surface area contributed by atoms with E-state index in [4.69, 9.17) is 0 Å². The number of carbonyl (C=O) groups is 1. The number of hydrogen-bond donors (Lipinski definition) is 1. The Bertz CT molecular complexity index is 409. The van der Waals surface area contributed by atoms with Gasteiger partial charge >= 0.3 is 0 Å². The molecule has 17 heavy (non-hydrogen) atoms. The Morgan fingerprint density at radius 2 is 1.94 bits per heavy atom. The van der Waals surface area contributed by atoms with E-state index in [1.807, 2.05) is 17.0 Å². The van der Waals surface area contributed by atoms with Crippen molar-refractivity contribution in [3.8, 4) is 0 Å². The fraction of sp³-hybridized carbons (Fsp3) is 0.500. The van der Waals surface area contributed by atoms with Crippen molar-refractivity contribution in [2.24, 2.45) is 0 Å². The Labute approximate surface area is 103 Å². The number of nitrogens with zero attached hydrogens (tertiary/aromatic N) is 1. The van der Waals surface area contributed by atoms with Gasteiger partial charge in [-0.3, -0.25) is 4.79 Å². The van der Waals surface area contributed by atoms with Gasteiger partial charge in [-0.05, 0) is 38.0 Å². The second-order valence-electron chi connectivity index (χ2n) is 5.17. The van der Waals surface area contributed by atoms with Gasteiger partial charge < -0.3 is 10.2 Å². The summed E-state index contributed by atoms with van der Waals surface area (Å²) in [5.41, 5.74) is 2.14. The summed E-state index contributed by atoms with van der Waals surface area (Å²) in [6.07, 6.45) is 1.03. The lowest BCUT2D eigenvalue weighted by molar-refractivity contribution is -0.120. The number of aryl methyl sites for hydroxylation is 1. The first kappa shape index (κ1) is 12.1. The van der Waals surface area contributed by atoms with Crippen molar-refractivity contribution in [3.63, 3.8) is 0 Å². The highest BCUT2D eigenvalue weighted by Gasteiger charge is 2.35. The van der Waals surface area contributed by atoms with Crippen molar-refractivity contribution in [3.05, 3.63) is 29.8 Å². The molecule has 3 nitrogen and oxygen atoms in total. The zero-order valence-electron chi connectivity index (χ0n) is 10.8. The zero-order valence-corrected chi connectivity index (χ0v) is 10.8. The molecule has 1 saturated heterocycles. The van der Waals surface area contributed by atoms with E-state index < -0.39 is 0 Å². The van der Waals surface area contributed by atoms with Crippen LogP contribution < -0.4 is 10.2 Å². The third-order valence-electron chi connectivity index (χ3n) is 3.29. The molecule has 1 N–H and O–H groups in total. The molecule has 1 aliphatic heterocycles. The van der Waals surface area contributed by atoms with Crippen LogP contribution >= 0.6 is 0 Å². The summed E-state index contributed by atoms with van der Waals surface area (Å²) in [5, 5.41) is 3.16. The Morgan fingerprint density at radius 3 is 2.47 bits per heavy atom. The number of nitrogens with one attached hydrogen (secondary N) is 1. The number of carbonyl (C=O) groups excluding carboxylic acids is 1. The van der Waals surface area contributed by atoms with Crippen LogP contribution in [0.1, 0.15) is 26.3 Å². The Balaban J connectivity index is 2.32. The highest BCUT2D eigenvalue weighted by atomic mass is 16.2. The normalized spacial score (nSPS) is 19.5. The first-order valence-corrected chi connectivity index (χ1v) is 6.17. The lowest BCUT2D eigenvalue weighted by Gasteiger charge is -2.42. The molecule has 1 aliphatic rings. The highest BCUT2D eigenvalue weighted by molar-refractivity contribution is 5.97. The number of piperazine rings is 1. The molecule has 1 heterocycles. The van der Waals surface area contributed by atoms with Gasteiger partial charge in [0.1, 0.15) is 0 Å². The monoisotopic (exact) mass is 232 g/mol. The van der Waals surface area contributed by atoms with E-state index in [0.717, 1.165) is 18.7 Å². The smallest absolute Gasteiger partial charge is 0.241 e. The molecule has 0 unspecified atom stereocenters. The topological polar surface area (TPSA) is 32.3 Å². The predicted molar refractivity (Wildman–Crippen MR) is 70.3 cm³/mol. The van der Waals surface area contributed by atoms with E-state index in [2.05, 4.69) is 38.2 Å². The van der Waals surface area contributed by atoms with E-state index >= 15 is 0 Å². The Hall–Kier alpha value is -1.35. The quantitative estimate of drug-likeness (QED) is 0.845. The van der Waals surface area contributed by atoms with E-state index in [9.17, 15) is 4.79 Å². The summed E-state index contributed by atoms with van der Waals surface area (Å²) in [6, 6.07) is 8.29. The number of benzene rings is 1. The summed E-state index contributed by atoms with van der Waals surface area (Å²) < 4.78 is 0. The van der Waals surface area contributed by atoms with Crippen LogP contribution in [0.15, 0.2) is 24.3 Å². The van der Waals surface area contributed by atoms with Crippen molar-refractivity contribution in [2.45, 2.75) is 32.7 Å². The van der Waals surface area contributed by atoms with Gasteiger partial charge in [0.25, 0.3) is 0 Å². The maximum absolute atomic E-state index is 12.0. The minimum absolute atomic E-state index is 0.144. The second kappa shape index (κ2) is 4.49. The zero-order chi connectivity index (χ0) is 12.5. The van der Waals surface area contributed by atoms with Gasteiger partial charge in [-0.25, -0.2) is 0 Å². The summed E-state index contributed by atoms with van der Waals surface area (Å²) in [4.78, 5) is 13.9. The molecule has 1 aromatic rings. The predicted octanol–water partition coefficient (Wildman–Crippen LogP) is 1.96. The highest BCUT2D eigenvalue weighted by Crippen LogP contribution is 2.26. The Kier molecular flexibility index (Phi) is 3.20. The van der Waals surface area contributed by atoms with E-state index in [-0.39, 0.29) is 11.4 Å². The molecule has 0 radical (unpaired) electrons. The third-order valence-corrected chi connectivity index (χ3v) is 3.29. The van der Waals surface area contributed by atoms with Crippen LogP contribution in [0.3, 0.4) is 0 Å². The molecule has 0 aliphatic carbocycles. The molecule has 1 amide bonds. The van der Waals surface area contributed by atoms with Crippen molar-refractivity contribution >= 4 is 11.6 Å². The van der Waals surface area contributed by atoms with Gasteiger partial charge in [-0.15, -0.1) is 0 Å². The first-order chi connectivity index (χ1) is 8.04. The summed E-state index contributed by atoms with van der Waals surface area (Å²) in [7, 11) is 0. The van der Waals surface area contributed by atoms with Crippen LogP contribution in [0, 0.1) is 0 Å². The first-order valence-electron chi connectivity index (χ1n) is 6.17. The number of rotatable bonds is 2. The number of amides is 1. The van der Waals surface area contributed by atoms with Gasteiger partial charge in [0.2, 0.25) is 5.91 Å². The Morgan fingerprint density at radius 1 is 1.29 bits per heavy atom. The van der Waals surface area contributed by atoms with Gasteiger partial charge in [0.05, 0.1) is 12.1 Å². The lowest BCUT2D eigenvalue weighted by atomic mass is 9.98. The van der Waals surface area contributed by atoms with Gasteiger partial charge in [-0.1, -0.05) is 19.1 Å². The van der Waals surface area contributed by atoms with Crippen molar-refractivity contribution in [2.75, 3.05) is 18.0 Å². The number of hydrogen-bond acceptors (Lipinski definition) is 2. The minimum Gasteiger partial charge on any atom is -0.306 e. The molecule has 0 atom stereocenters. The molecule has 2 rings (SSSR count). The maximum Gasteiger partial charge on any atom is 0.241 e. The van der Waals surface area contributed by atoms with Crippen LogP contribution in [0.25, 0.3) is 0 Å². The molecule has 92 valence electrons. The molecule has 0 aromatic heterocycles. The second-order valence-corrected chi connectivity index (χ2v) is 5.17. The van der Waals surface area contributed by atoms with Crippen LogP contribution in [0.4, 0.5) is 5.69 Å². The lowest BCUT2D eigenvalue weighted by Crippen LogP contribution is -2.61. The molecule has 0 bridgehead atoms. The standard InChI is InChI=1S/C14H20N2O/c1-4-11-5-7-12(8-6-11)16-13(17)9-15-10-14(16,2)3/h5-8,15H,4,9-10H2,1-3H3. The molecule has 1 aromatic carbocycles. The fourth-order valence-electron chi connectivity index (χ4n) is 2.35. The average molecular weight is 232 g/mol. The van der Waals surface area contributed by atoms with Crippen LogP contribution in [0.5, 0.6) is 0 Å². The van der Waals surface area contributed by atoms with Crippen molar-refractivity contribution in [1.82, 2.24) is 5.32 Å². The summed E-state index contributed by atoms with van der Waals surface area (Å²) >= 11 is 0. The molecule has 1 fully saturated rings. The largest absolute Gasteiger partial charge is 0.306 e. The number of anilines is 1. The minimum atomic E-state index is -0.164. The van der Waals surface area contributed by atoms with E-state index in [0.29, 0.717) is 6.54 Å². The van der Waals surface area contributed by atoms with Gasteiger partial charge in [0.15, 0.2) is 0 Å². The van der Waals surface area contributed by atoms with Crippen LogP contribution in [-0.4, -0.2) is 24.5 Å². The summed E-state index contributed by atoms with van der Waals surface area (Å²) in [6.45, 7) is 7.57. The third kappa shape index (κ3) is 2.34. The molecular formula is C14H20N2O. The molecule has 3 heteroatoms. The van der Waals surface area contributed by atoms with Crippen LogP contribution in [0.2, 0.25) is 0 Å². The van der Waals surface area contributed by atoms with Crippen LogP contribution in [-0.2, 0) is 11.2 Å². The molecular weight excluding hydrogens is 212 g/mol. The van der Waals surface area contributed by atoms with Gasteiger partial charge in [-0.2, -0.15) is 0 Å². The molecule has 0 saturated carbocycles. The fourth-order valence-corrected chi connectivity index (χ4v) is 2.35. The maximum atomic E-state index is 12.0. The van der Waals surface area contributed by atoms with E-state index in [1.165, 1.54) is 5.56 Å². The SMILES string of the molecule is CCc1ccc(N2C(=O)CNCC2(C)C)cc1. The van der Waals surface area contributed by atoms with E-state index in [1.54, 1.807) is 0 Å². The summed E-state index contributed by atoms with van der Waals surface area (Å²) in [5.74, 6) is 0.144.